The lowest BCUT2D eigenvalue weighted by atomic mass is 10.00. The number of furan rings is 1. The first-order valence-electron chi connectivity index (χ1n) is 6.24. The predicted molar refractivity (Wildman–Crippen MR) is 67.8 cm³/mol. The average molecular weight is 244 g/mol. The van der Waals surface area contributed by atoms with Gasteiger partial charge in [-0.2, -0.15) is 0 Å². The van der Waals surface area contributed by atoms with Crippen LogP contribution in [0.1, 0.15) is 35.2 Å². The van der Waals surface area contributed by atoms with Crippen molar-refractivity contribution in [3.63, 3.8) is 0 Å². The third-order valence-electron chi connectivity index (χ3n) is 3.28. The Balaban J connectivity index is 1.92. The molecule has 0 amide bonds. The molecule has 1 aliphatic rings. The first-order chi connectivity index (χ1) is 8.74. The van der Waals surface area contributed by atoms with Gasteiger partial charge in [-0.3, -0.25) is 0 Å². The summed E-state index contributed by atoms with van der Waals surface area (Å²) in [6.07, 6.45) is 1.34. The number of aliphatic hydroxyl groups is 1. The molecule has 2 heterocycles. The number of hydrogen-bond donors (Lipinski definition) is 1. The Labute approximate surface area is 106 Å². The first-order valence-corrected chi connectivity index (χ1v) is 6.24. The Hall–Kier alpha value is -1.74. The summed E-state index contributed by atoms with van der Waals surface area (Å²) < 4.78 is 11.0. The molecule has 1 N–H and O–H groups in total. The molecular weight excluding hydrogens is 228 g/mol. The Bertz CT molecular complexity index is 557. The van der Waals surface area contributed by atoms with Gasteiger partial charge in [0.2, 0.25) is 0 Å². The van der Waals surface area contributed by atoms with Gasteiger partial charge in [-0.1, -0.05) is 6.07 Å². The van der Waals surface area contributed by atoms with Crippen molar-refractivity contribution in [3.05, 3.63) is 53.0 Å². The molecule has 94 valence electrons. The topological polar surface area (TPSA) is 42.6 Å². The van der Waals surface area contributed by atoms with Crippen LogP contribution < -0.4 is 4.74 Å². The fourth-order valence-corrected chi connectivity index (χ4v) is 2.32. The molecule has 2 aromatic rings. The fraction of sp³-hybridized carbons (Fsp3) is 0.333. The van der Waals surface area contributed by atoms with Crippen LogP contribution in [0.25, 0.3) is 0 Å². The Kier molecular flexibility index (Phi) is 2.84. The number of hydrogen-bond acceptors (Lipinski definition) is 3. The van der Waals surface area contributed by atoms with E-state index >= 15 is 0 Å². The maximum Gasteiger partial charge on any atom is 0.137 e. The van der Waals surface area contributed by atoms with Crippen molar-refractivity contribution in [2.75, 3.05) is 6.61 Å². The van der Waals surface area contributed by atoms with Gasteiger partial charge in [0, 0.05) is 0 Å². The van der Waals surface area contributed by atoms with Crippen molar-refractivity contribution < 1.29 is 14.3 Å². The van der Waals surface area contributed by atoms with Crippen molar-refractivity contribution in [1.29, 1.82) is 0 Å². The predicted octanol–water partition coefficient (Wildman–Crippen LogP) is 2.99. The van der Waals surface area contributed by atoms with Crippen LogP contribution >= 0.6 is 0 Å². The second-order valence-electron chi connectivity index (χ2n) is 4.67. The summed E-state index contributed by atoms with van der Waals surface area (Å²) in [7, 11) is 0. The van der Waals surface area contributed by atoms with E-state index in [2.05, 4.69) is 0 Å². The largest absolute Gasteiger partial charge is 0.493 e. The highest BCUT2D eigenvalue weighted by Crippen LogP contribution is 2.30. The normalized spacial score (nSPS) is 15.9. The molecule has 3 nitrogen and oxygen atoms in total. The van der Waals surface area contributed by atoms with E-state index in [1.165, 1.54) is 5.56 Å². The second-order valence-corrected chi connectivity index (χ2v) is 4.67. The number of ether oxygens (including phenoxy) is 1. The lowest BCUT2D eigenvalue weighted by molar-refractivity contribution is 0.187. The molecule has 1 atom stereocenters. The summed E-state index contributed by atoms with van der Waals surface area (Å²) in [4.78, 5) is 0. The Morgan fingerprint density at radius 3 is 2.89 bits per heavy atom. The van der Waals surface area contributed by atoms with Crippen LogP contribution in [0.4, 0.5) is 0 Å². The zero-order valence-electron chi connectivity index (χ0n) is 10.3. The van der Waals surface area contributed by atoms with Crippen LogP contribution in [0.3, 0.4) is 0 Å². The molecule has 1 aliphatic heterocycles. The van der Waals surface area contributed by atoms with Crippen LogP contribution in [0.5, 0.6) is 5.75 Å². The van der Waals surface area contributed by atoms with E-state index in [1.807, 2.05) is 37.3 Å². The van der Waals surface area contributed by atoms with E-state index in [-0.39, 0.29) is 0 Å². The molecule has 1 unspecified atom stereocenters. The van der Waals surface area contributed by atoms with Crippen LogP contribution in [0.2, 0.25) is 0 Å². The molecule has 0 saturated carbocycles. The van der Waals surface area contributed by atoms with Crippen molar-refractivity contribution in [1.82, 2.24) is 0 Å². The van der Waals surface area contributed by atoms with Gasteiger partial charge in [-0.15, -0.1) is 0 Å². The van der Waals surface area contributed by atoms with E-state index in [4.69, 9.17) is 9.15 Å². The number of aryl methyl sites for hydroxylation is 2. The lowest BCUT2D eigenvalue weighted by Gasteiger charge is -2.19. The Morgan fingerprint density at radius 1 is 1.22 bits per heavy atom. The van der Waals surface area contributed by atoms with Gasteiger partial charge in [0.15, 0.2) is 0 Å². The summed E-state index contributed by atoms with van der Waals surface area (Å²) in [6.45, 7) is 2.66. The van der Waals surface area contributed by atoms with E-state index in [1.54, 1.807) is 0 Å². The van der Waals surface area contributed by atoms with Crippen molar-refractivity contribution >= 4 is 0 Å². The minimum atomic E-state index is -0.703. The number of benzene rings is 1. The molecule has 18 heavy (non-hydrogen) atoms. The summed E-state index contributed by atoms with van der Waals surface area (Å²) in [5.41, 5.74) is 2.02. The van der Waals surface area contributed by atoms with E-state index in [0.717, 1.165) is 36.5 Å². The van der Waals surface area contributed by atoms with Gasteiger partial charge >= 0.3 is 0 Å². The molecule has 3 rings (SSSR count). The molecule has 0 bridgehead atoms. The minimum absolute atomic E-state index is 0.587. The Morgan fingerprint density at radius 2 is 2.11 bits per heavy atom. The van der Waals surface area contributed by atoms with E-state index in [9.17, 15) is 5.11 Å². The maximum atomic E-state index is 10.3. The maximum absolute atomic E-state index is 10.3. The van der Waals surface area contributed by atoms with Crippen LogP contribution in [-0.2, 0) is 6.42 Å². The summed E-state index contributed by atoms with van der Waals surface area (Å²) in [6, 6.07) is 9.52. The van der Waals surface area contributed by atoms with E-state index in [0.29, 0.717) is 5.76 Å². The molecule has 0 spiro atoms. The zero-order chi connectivity index (χ0) is 12.5. The minimum Gasteiger partial charge on any atom is -0.493 e. The van der Waals surface area contributed by atoms with Crippen LogP contribution in [0, 0.1) is 6.92 Å². The van der Waals surface area contributed by atoms with Gasteiger partial charge in [-0.05, 0) is 55.2 Å². The third kappa shape index (κ3) is 2.02. The smallest absolute Gasteiger partial charge is 0.137 e. The molecule has 0 saturated heterocycles. The molecule has 0 aliphatic carbocycles. The summed E-state index contributed by atoms with van der Waals surface area (Å²) >= 11 is 0. The molecule has 1 aromatic heterocycles. The number of rotatable bonds is 2. The van der Waals surface area contributed by atoms with Crippen molar-refractivity contribution in [2.45, 2.75) is 25.9 Å². The number of aliphatic hydroxyl groups excluding tert-OH is 1. The van der Waals surface area contributed by atoms with Crippen molar-refractivity contribution in [3.8, 4) is 5.75 Å². The SMILES string of the molecule is Cc1ccc(C(O)c2ccc3c(c2)CCCO3)o1. The monoisotopic (exact) mass is 244 g/mol. The first kappa shape index (κ1) is 11.4. The lowest BCUT2D eigenvalue weighted by Crippen LogP contribution is -2.09. The summed E-state index contributed by atoms with van der Waals surface area (Å²) in [5.74, 6) is 2.34. The fourth-order valence-electron chi connectivity index (χ4n) is 2.32. The highest BCUT2D eigenvalue weighted by molar-refractivity contribution is 5.40. The molecular formula is C15H16O3. The quantitative estimate of drug-likeness (QED) is 0.883. The second kappa shape index (κ2) is 4.50. The van der Waals surface area contributed by atoms with E-state index < -0.39 is 6.10 Å². The van der Waals surface area contributed by atoms with Crippen molar-refractivity contribution in [2.24, 2.45) is 0 Å². The van der Waals surface area contributed by atoms with Crippen LogP contribution in [0.15, 0.2) is 34.7 Å². The van der Waals surface area contributed by atoms with Crippen LogP contribution in [-0.4, -0.2) is 11.7 Å². The van der Waals surface area contributed by atoms with Gasteiger partial charge in [0.05, 0.1) is 6.61 Å². The standard InChI is InChI=1S/C15H16O3/c1-10-4-6-14(18-10)15(16)12-5-7-13-11(9-12)3-2-8-17-13/h4-7,9,15-16H,2-3,8H2,1H3. The van der Waals surface area contributed by atoms with Gasteiger partial charge < -0.3 is 14.3 Å². The summed E-state index contributed by atoms with van der Waals surface area (Å²) in [5, 5.41) is 10.3. The molecule has 1 aromatic carbocycles. The molecule has 0 fully saturated rings. The number of fused-ring (bicyclic) bond motifs is 1. The van der Waals surface area contributed by atoms with Gasteiger partial charge in [0.25, 0.3) is 0 Å². The zero-order valence-corrected chi connectivity index (χ0v) is 10.3. The average Bonchev–Trinajstić information content (AvgIpc) is 2.84. The molecule has 0 radical (unpaired) electrons. The highest BCUT2D eigenvalue weighted by Gasteiger charge is 2.17. The van der Waals surface area contributed by atoms with Gasteiger partial charge in [-0.25, -0.2) is 0 Å². The molecule has 3 heteroatoms. The van der Waals surface area contributed by atoms with Gasteiger partial charge in [0.1, 0.15) is 23.4 Å². The third-order valence-corrected chi connectivity index (χ3v) is 3.28. The highest BCUT2D eigenvalue weighted by atomic mass is 16.5.